The van der Waals surface area contributed by atoms with Crippen molar-refractivity contribution in [3.8, 4) is 0 Å². The standard InChI is InChI=1S/C24H34N4O2/c1-19-16-28(11-12-30-19)17-21-8-6-7-20(13-21)14-26-24(25-2)27-15-23(18-29)22-9-4-3-5-10-22/h3-10,13,19,23,29H,11-12,14-18H2,1-2H3,(H2,25,26,27). The van der Waals surface area contributed by atoms with E-state index in [4.69, 9.17) is 4.74 Å². The molecule has 0 bridgehead atoms. The van der Waals surface area contributed by atoms with E-state index in [0.717, 1.165) is 37.8 Å². The Morgan fingerprint density at radius 1 is 1.17 bits per heavy atom. The van der Waals surface area contributed by atoms with Crippen LogP contribution in [-0.4, -0.2) is 62.0 Å². The maximum absolute atomic E-state index is 9.74. The molecule has 6 heteroatoms. The topological polar surface area (TPSA) is 69.1 Å². The summed E-state index contributed by atoms with van der Waals surface area (Å²) in [6, 6.07) is 18.7. The van der Waals surface area contributed by atoms with Crippen molar-refractivity contribution in [1.82, 2.24) is 15.5 Å². The second-order valence-electron chi connectivity index (χ2n) is 7.83. The summed E-state index contributed by atoms with van der Waals surface area (Å²) in [5, 5.41) is 16.5. The molecule has 0 aromatic heterocycles. The molecule has 0 saturated carbocycles. The lowest BCUT2D eigenvalue weighted by molar-refractivity contribution is -0.0212. The summed E-state index contributed by atoms with van der Waals surface area (Å²) in [7, 11) is 1.77. The van der Waals surface area contributed by atoms with Crippen molar-refractivity contribution in [2.45, 2.75) is 32.0 Å². The van der Waals surface area contributed by atoms with Crippen LogP contribution in [0.5, 0.6) is 0 Å². The molecule has 1 aliphatic heterocycles. The molecule has 6 nitrogen and oxygen atoms in total. The maximum atomic E-state index is 9.74. The second kappa shape index (κ2) is 11.7. The van der Waals surface area contributed by atoms with Crippen molar-refractivity contribution in [3.63, 3.8) is 0 Å². The Bertz CT molecular complexity index is 797. The van der Waals surface area contributed by atoms with Crippen molar-refractivity contribution in [1.29, 1.82) is 0 Å². The molecule has 1 aliphatic rings. The first kappa shape index (κ1) is 22.3. The fourth-order valence-electron chi connectivity index (χ4n) is 3.77. The third kappa shape index (κ3) is 6.83. The highest BCUT2D eigenvalue weighted by Crippen LogP contribution is 2.14. The Morgan fingerprint density at radius 3 is 2.70 bits per heavy atom. The number of benzene rings is 2. The van der Waals surface area contributed by atoms with E-state index in [9.17, 15) is 5.11 Å². The van der Waals surface area contributed by atoms with Gasteiger partial charge in [0.2, 0.25) is 0 Å². The van der Waals surface area contributed by atoms with Crippen molar-refractivity contribution in [2.24, 2.45) is 4.99 Å². The minimum atomic E-state index is 0.0315. The molecule has 162 valence electrons. The van der Waals surface area contributed by atoms with Gasteiger partial charge in [-0.25, -0.2) is 0 Å². The van der Waals surface area contributed by atoms with E-state index in [1.807, 2.05) is 30.3 Å². The number of nitrogens with zero attached hydrogens (tertiary/aromatic N) is 2. The van der Waals surface area contributed by atoms with E-state index < -0.39 is 0 Å². The Hall–Kier alpha value is -2.41. The summed E-state index contributed by atoms with van der Waals surface area (Å²) in [4.78, 5) is 6.76. The van der Waals surface area contributed by atoms with Crippen LogP contribution in [0.3, 0.4) is 0 Å². The quantitative estimate of drug-likeness (QED) is 0.460. The van der Waals surface area contributed by atoms with E-state index >= 15 is 0 Å². The first-order chi connectivity index (χ1) is 14.7. The molecule has 1 fully saturated rings. The lowest BCUT2D eigenvalue weighted by Gasteiger charge is -2.31. The lowest BCUT2D eigenvalue weighted by atomic mass is 10.0. The van der Waals surface area contributed by atoms with Gasteiger partial charge in [0.05, 0.1) is 19.3 Å². The Morgan fingerprint density at radius 2 is 1.97 bits per heavy atom. The van der Waals surface area contributed by atoms with Crippen LogP contribution in [-0.2, 0) is 17.8 Å². The molecular weight excluding hydrogens is 376 g/mol. The van der Waals surface area contributed by atoms with Gasteiger partial charge in [0, 0.05) is 45.7 Å². The molecule has 2 aromatic rings. The summed E-state index contributed by atoms with van der Waals surface area (Å²) >= 11 is 0. The van der Waals surface area contributed by atoms with E-state index in [1.165, 1.54) is 11.1 Å². The highest BCUT2D eigenvalue weighted by Gasteiger charge is 2.16. The zero-order valence-electron chi connectivity index (χ0n) is 18.1. The molecule has 2 atom stereocenters. The number of hydrogen-bond acceptors (Lipinski definition) is 4. The zero-order valence-corrected chi connectivity index (χ0v) is 18.1. The Balaban J connectivity index is 1.50. The first-order valence-corrected chi connectivity index (χ1v) is 10.7. The number of morpholine rings is 1. The van der Waals surface area contributed by atoms with Crippen LogP contribution in [0.15, 0.2) is 59.6 Å². The van der Waals surface area contributed by atoms with Crippen molar-refractivity contribution < 1.29 is 9.84 Å². The Labute approximate surface area is 180 Å². The zero-order chi connectivity index (χ0) is 21.2. The summed E-state index contributed by atoms with van der Waals surface area (Å²) < 4.78 is 5.64. The molecule has 0 radical (unpaired) electrons. The summed E-state index contributed by atoms with van der Waals surface area (Å²) in [5.74, 6) is 0.765. The average molecular weight is 411 g/mol. The van der Waals surface area contributed by atoms with Crippen LogP contribution < -0.4 is 10.6 Å². The van der Waals surface area contributed by atoms with Gasteiger partial charge in [-0.3, -0.25) is 9.89 Å². The van der Waals surface area contributed by atoms with Crippen LogP contribution in [0.25, 0.3) is 0 Å². The second-order valence-corrected chi connectivity index (χ2v) is 7.83. The molecule has 1 heterocycles. The van der Waals surface area contributed by atoms with Crippen LogP contribution in [0, 0.1) is 0 Å². The number of hydrogen-bond donors (Lipinski definition) is 3. The number of aliphatic hydroxyl groups is 1. The monoisotopic (exact) mass is 410 g/mol. The van der Waals surface area contributed by atoms with Gasteiger partial charge >= 0.3 is 0 Å². The fourth-order valence-corrected chi connectivity index (χ4v) is 3.77. The third-order valence-corrected chi connectivity index (χ3v) is 5.41. The summed E-state index contributed by atoms with van der Waals surface area (Å²) in [5.41, 5.74) is 3.65. The van der Waals surface area contributed by atoms with E-state index in [0.29, 0.717) is 19.2 Å². The summed E-state index contributed by atoms with van der Waals surface area (Å²) in [6.45, 7) is 7.26. The molecule has 0 spiro atoms. The van der Waals surface area contributed by atoms with Crippen molar-refractivity contribution in [3.05, 3.63) is 71.3 Å². The number of rotatable bonds is 8. The van der Waals surface area contributed by atoms with E-state index in [-0.39, 0.29) is 12.5 Å². The minimum Gasteiger partial charge on any atom is -0.396 e. The normalized spacial score (nSPS) is 18.8. The van der Waals surface area contributed by atoms with Crippen LogP contribution >= 0.6 is 0 Å². The predicted molar refractivity (Wildman–Crippen MR) is 122 cm³/mol. The van der Waals surface area contributed by atoms with E-state index in [1.54, 1.807) is 7.05 Å². The molecule has 3 N–H and O–H groups in total. The number of aliphatic imine (C=N–C) groups is 1. The molecule has 1 saturated heterocycles. The average Bonchev–Trinajstić information content (AvgIpc) is 2.77. The first-order valence-electron chi connectivity index (χ1n) is 10.7. The largest absolute Gasteiger partial charge is 0.396 e. The van der Waals surface area contributed by atoms with Gasteiger partial charge in [0.15, 0.2) is 5.96 Å². The molecule has 2 aromatic carbocycles. The SMILES string of the molecule is CN=C(NCc1cccc(CN2CCOC(C)C2)c1)NCC(CO)c1ccccc1. The van der Waals surface area contributed by atoms with Crippen LogP contribution in [0.4, 0.5) is 0 Å². The third-order valence-electron chi connectivity index (χ3n) is 5.41. The lowest BCUT2D eigenvalue weighted by Crippen LogP contribution is -2.40. The van der Waals surface area contributed by atoms with Gasteiger partial charge in [-0.2, -0.15) is 0 Å². The summed E-state index contributed by atoms with van der Waals surface area (Å²) in [6.07, 6.45) is 0.302. The number of ether oxygens (including phenoxy) is 1. The minimum absolute atomic E-state index is 0.0315. The predicted octanol–water partition coefficient (Wildman–Crippen LogP) is 2.35. The number of guanidine groups is 1. The molecular formula is C24H34N4O2. The van der Waals surface area contributed by atoms with Crippen LogP contribution in [0.2, 0.25) is 0 Å². The fraction of sp³-hybridized carbons (Fsp3) is 0.458. The van der Waals surface area contributed by atoms with Gasteiger partial charge in [0.1, 0.15) is 0 Å². The molecule has 30 heavy (non-hydrogen) atoms. The van der Waals surface area contributed by atoms with Gasteiger partial charge in [-0.05, 0) is 23.6 Å². The van der Waals surface area contributed by atoms with Crippen molar-refractivity contribution in [2.75, 3.05) is 39.9 Å². The highest BCUT2D eigenvalue weighted by atomic mass is 16.5. The Kier molecular flexibility index (Phi) is 8.68. The van der Waals surface area contributed by atoms with Crippen LogP contribution in [0.1, 0.15) is 29.5 Å². The van der Waals surface area contributed by atoms with Crippen molar-refractivity contribution >= 4 is 5.96 Å². The van der Waals surface area contributed by atoms with E-state index in [2.05, 4.69) is 51.7 Å². The molecule has 2 unspecified atom stereocenters. The molecule has 0 aliphatic carbocycles. The maximum Gasteiger partial charge on any atom is 0.191 e. The molecule has 0 amide bonds. The number of aliphatic hydroxyl groups excluding tert-OH is 1. The number of nitrogens with one attached hydrogen (secondary N) is 2. The van der Waals surface area contributed by atoms with Gasteiger partial charge in [-0.1, -0.05) is 54.6 Å². The highest BCUT2D eigenvalue weighted by molar-refractivity contribution is 5.79. The molecule has 3 rings (SSSR count). The van der Waals surface area contributed by atoms with Gasteiger partial charge in [-0.15, -0.1) is 0 Å². The van der Waals surface area contributed by atoms with Gasteiger partial charge in [0.25, 0.3) is 0 Å². The smallest absolute Gasteiger partial charge is 0.191 e. The van der Waals surface area contributed by atoms with Gasteiger partial charge < -0.3 is 20.5 Å².